The molecule has 0 saturated heterocycles. The number of nitrogens with one attached hydrogen (secondary N) is 1. The molecular weight excluding hydrogens is 210 g/mol. The van der Waals surface area contributed by atoms with Gasteiger partial charge >= 0.3 is 0 Å². The third kappa shape index (κ3) is 4.87. The standard InChI is InChI=1S/C15H21NO/c1-4-10-17-15-9-7-6-8-14(15)11-13(3)12-16-5-2/h4,6-9,11,16H,1,5,10,12H2,2-3H3. The minimum atomic E-state index is 0.539. The van der Waals surface area contributed by atoms with E-state index < -0.39 is 0 Å². The van der Waals surface area contributed by atoms with Gasteiger partial charge in [-0.3, -0.25) is 0 Å². The lowest BCUT2D eigenvalue weighted by atomic mass is 10.1. The number of benzene rings is 1. The minimum absolute atomic E-state index is 0.539. The predicted octanol–water partition coefficient (Wildman–Crippen LogP) is 3.26. The second-order valence-corrected chi connectivity index (χ2v) is 3.91. The van der Waals surface area contributed by atoms with E-state index in [1.807, 2.05) is 18.2 Å². The first-order valence-electron chi connectivity index (χ1n) is 5.98. The fourth-order valence-electron chi connectivity index (χ4n) is 1.52. The van der Waals surface area contributed by atoms with Crippen LogP contribution in [0.2, 0.25) is 0 Å². The van der Waals surface area contributed by atoms with Crippen molar-refractivity contribution in [3.05, 3.63) is 48.1 Å². The van der Waals surface area contributed by atoms with Gasteiger partial charge in [-0.25, -0.2) is 0 Å². The van der Waals surface area contributed by atoms with Crippen molar-refractivity contribution in [3.63, 3.8) is 0 Å². The summed E-state index contributed by atoms with van der Waals surface area (Å²) in [4.78, 5) is 0. The monoisotopic (exact) mass is 231 g/mol. The molecule has 2 nitrogen and oxygen atoms in total. The van der Waals surface area contributed by atoms with Crippen molar-refractivity contribution in [2.75, 3.05) is 19.7 Å². The second-order valence-electron chi connectivity index (χ2n) is 3.91. The van der Waals surface area contributed by atoms with E-state index in [2.05, 4.69) is 37.9 Å². The molecule has 2 heteroatoms. The second kappa shape index (κ2) is 7.69. The summed E-state index contributed by atoms with van der Waals surface area (Å²) in [6.07, 6.45) is 3.91. The third-order valence-electron chi connectivity index (χ3n) is 2.33. The Morgan fingerprint density at radius 1 is 1.41 bits per heavy atom. The van der Waals surface area contributed by atoms with Gasteiger partial charge in [-0.15, -0.1) is 0 Å². The number of rotatable bonds is 7. The van der Waals surface area contributed by atoms with E-state index >= 15 is 0 Å². The molecule has 0 radical (unpaired) electrons. The van der Waals surface area contributed by atoms with Crippen LogP contribution in [0.4, 0.5) is 0 Å². The van der Waals surface area contributed by atoms with Crippen LogP contribution in [0.25, 0.3) is 6.08 Å². The van der Waals surface area contributed by atoms with Crippen LogP contribution >= 0.6 is 0 Å². The molecule has 92 valence electrons. The maximum absolute atomic E-state index is 5.61. The minimum Gasteiger partial charge on any atom is -0.489 e. The third-order valence-corrected chi connectivity index (χ3v) is 2.33. The van der Waals surface area contributed by atoms with Crippen molar-refractivity contribution in [3.8, 4) is 5.75 Å². The molecule has 1 rings (SSSR count). The smallest absolute Gasteiger partial charge is 0.126 e. The molecule has 17 heavy (non-hydrogen) atoms. The van der Waals surface area contributed by atoms with Gasteiger partial charge in [-0.05, 0) is 19.5 Å². The quantitative estimate of drug-likeness (QED) is 0.727. The van der Waals surface area contributed by atoms with Gasteiger partial charge in [0.2, 0.25) is 0 Å². The van der Waals surface area contributed by atoms with E-state index in [1.165, 1.54) is 5.57 Å². The average Bonchev–Trinajstić information content (AvgIpc) is 2.35. The van der Waals surface area contributed by atoms with Crippen LogP contribution in [0.1, 0.15) is 19.4 Å². The lowest BCUT2D eigenvalue weighted by molar-refractivity contribution is 0.362. The van der Waals surface area contributed by atoms with Crippen LogP contribution in [0.5, 0.6) is 5.75 Å². The van der Waals surface area contributed by atoms with E-state index in [0.29, 0.717) is 6.61 Å². The normalized spacial score (nSPS) is 11.3. The van der Waals surface area contributed by atoms with E-state index in [4.69, 9.17) is 4.74 Å². The Bertz CT molecular complexity index is 382. The summed E-state index contributed by atoms with van der Waals surface area (Å²) in [6, 6.07) is 8.05. The summed E-state index contributed by atoms with van der Waals surface area (Å²) in [5.74, 6) is 0.906. The Balaban J connectivity index is 2.77. The fourth-order valence-corrected chi connectivity index (χ4v) is 1.52. The highest BCUT2D eigenvalue weighted by molar-refractivity contribution is 5.59. The van der Waals surface area contributed by atoms with Gasteiger partial charge < -0.3 is 10.1 Å². The topological polar surface area (TPSA) is 21.3 Å². The number of hydrogen-bond donors (Lipinski definition) is 1. The van der Waals surface area contributed by atoms with Crippen LogP contribution in [0.15, 0.2) is 42.5 Å². The zero-order chi connectivity index (χ0) is 12.5. The summed E-state index contributed by atoms with van der Waals surface area (Å²) in [5.41, 5.74) is 2.41. The van der Waals surface area contributed by atoms with Gasteiger partial charge in [0.15, 0.2) is 0 Å². The highest BCUT2D eigenvalue weighted by Crippen LogP contribution is 2.20. The van der Waals surface area contributed by atoms with Crippen LogP contribution in [0, 0.1) is 0 Å². The molecule has 1 aromatic carbocycles. The van der Waals surface area contributed by atoms with Crippen molar-refractivity contribution in [1.29, 1.82) is 0 Å². The summed E-state index contributed by atoms with van der Waals surface area (Å²) in [7, 11) is 0. The Labute approximate surface area is 104 Å². The van der Waals surface area contributed by atoms with E-state index in [-0.39, 0.29) is 0 Å². The highest BCUT2D eigenvalue weighted by atomic mass is 16.5. The Morgan fingerprint density at radius 2 is 2.18 bits per heavy atom. The molecule has 0 saturated carbocycles. The molecule has 1 N–H and O–H groups in total. The molecule has 0 atom stereocenters. The maximum atomic E-state index is 5.61. The molecule has 0 aromatic heterocycles. The van der Waals surface area contributed by atoms with Gasteiger partial charge in [0, 0.05) is 12.1 Å². The molecule has 0 aliphatic carbocycles. The van der Waals surface area contributed by atoms with Crippen LogP contribution in [-0.2, 0) is 0 Å². The summed E-state index contributed by atoms with van der Waals surface area (Å²) < 4.78 is 5.61. The average molecular weight is 231 g/mol. The van der Waals surface area contributed by atoms with Crippen molar-refractivity contribution < 1.29 is 4.74 Å². The summed E-state index contributed by atoms with van der Waals surface area (Å²) in [5, 5.41) is 3.31. The molecule has 0 aliphatic heterocycles. The lowest BCUT2D eigenvalue weighted by Gasteiger charge is -2.08. The molecular formula is C15H21NO. The fraction of sp³-hybridized carbons (Fsp3) is 0.333. The van der Waals surface area contributed by atoms with E-state index in [0.717, 1.165) is 24.4 Å². The van der Waals surface area contributed by atoms with Gasteiger partial charge in [-0.1, -0.05) is 49.4 Å². The van der Waals surface area contributed by atoms with Gasteiger partial charge in [0.25, 0.3) is 0 Å². The van der Waals surface area contributed by atoms with Gasteiger partial charge in [0.1, 0.15) is 12.4 Å². The molecule has 1 aromatic rings. The van der Waals surface area contributed by atoms with Gasteiger partial charge in [0.05, 0.1) is 0 Å². The first-order chi connectivity index (χ1) is 8.27. The zero-order valence-corrected chi connectivity index (χ0v) is 10.7. The molecule has 0 fully saturated rings. The lowest BCUT2D eigenvalue weighted by Crippen LogP contribution is -2.14. The van der Waals surface area contributed by atoms with Gasteiger partial charge in [-0.2, -0.15) is 0 Å². The van der Waals surface area contributed by atoms with Crippen molar-refractivity contribution in [2.45, 2.75) is 13.8 Å². The number of ether oxygens (including phenoxy) is 1. The predicted molar refractivity (Wildman–Crippen MR) is 74.3 cm³/mol. The molecule has 0 unspecified atom stereocenters. The van der Waals surface area contributed by atoms with Crippen molar-refractivity contribution in [1.82, 2.24) is 5.32 Å². The first-order valence-corrected chi connectivity index (χ1v) is 5.98. The SMILES string of the molecule is C=CCOc1ccccc1C=C(C)CNCC. The van der Waals surface area contributed by atoms with Crippen LogP contribution in [0.3, 0.4) is 0 Å². The molecule has 0 heterocycles. The van der Waals surface area contributed by atoms with E-state index in [9.17, 15) is 0 Å². The molecule has 0 amide bonds. The Hall–Kier alpha value is -1.54. The number of hydrogen-bond acceptors (Lipinski definition) is 2. The summed E-state index contributed by atoms with van der Waals surface area (Å²) in [6.45, 7) is 10.3. The largest absolute Gasteiger partial charge is 0.489 e. The molecule has 0 bridgehead atoms. The summed E-state index contributed by atoms with van der Waals surface area (Å²) >= 11 is 0. The van der Waals surface area contributed by atoms with Crippen LogP contribution < -0.4 is 10.1 Å². The van der Waals surface area contributed by atoms with Crippen molar-refractivity contribution >= 4 is 6.08 Å². The number of para-hydroxylation sites is 1. The maximum Gasteiger partial charge on any atom is 0.126 e. The first kappa shape index (κ1) is 13.5. The molecule has 0 spiro atoms. The number of likely N-dealkylation sites (N-methyl/N-ethyl adjacent to an activating group) is 1. The highest BCUT2D eigenvalue weighted by Gasteiger charge is 1.99. The Morgan fingerprint density at radius 3 is 2.88 bits per heavy atom. The van der Waals surface area contributed by atoms with Crippen molar-refractivity contribution in [2.24, 2.45) is 0 Å². The van der Waals surface area contributed by atoms with E-state index in [1.54, 1.807) is 6.08 Å². The molecule has 0 aliphatic rings. The zero-order valence-electron chi connectivity index (χ0n) is 10.7. The Kier molecular flexibility index (Phi) is 6.12. The van der Waals surface area contributed by atoms with Crippen LogP contribution in [-0.4, -0.2) is 19.7 Å².